The van der Waals surface area contributed by atoms with E-state index in [2.05, 4.69) is 76.9 Å². The molecule has 0 saturated heterocycles. The summed E-state index contributed by atoms with van der Waals surface area (Å²) >= 11 is 0. The Kier molecular flexibility index (Phi) is 11.9. The summed E-state index contributed by atoms with van der Waals surface area (Å²) in [7, 11) is 0. The maximum atomic E-state index is 2.41. The van der Waals surface area contributed by atoms with E-state index < -0.39 is 0 Å². The molecule has 2 heteroatoms. The monoisotopic (exact) mass is 308 g/mol. The van der Waals surface area contributed by atoms with Gasteiger partial charge in [-0.15, -0.1) is 24.3 Å². The molecule has 0 fully saturated rings. The van der Waals surface area contributed by atoms with E-state index in [1.807, 2.05) is 0 Å². The topological polar surface area (TPSA) is 0 Å². The molecule has 120 valence electrons. The van der Waals surface area contributed by atoms with Gasteiger partial charge in [0.25, 0.3) is 0 Å². The van der Waals surface area contributed by atoms with E-state index in [0.717, 1.165) is 24.7 Å². The SMILES string of the molecule is CCC(C)C[CH-]c1cccc2c([CH-]CC(C)CC)cccc12.[Li+].[Li+]. The van der Waals surface area contributed by atoms with Gasteiger partial charge in [-0.2, -0.15) is 46.9 Å². The van der Waals surface area contributed by atoms with Crippen LogP contribution < -0.4 is 37.7 Å². The van der Waals surface area contributed by atoms with Crippen molar-refractivity contribution in [3.8, 4) is 0 Å². The number of hydrogen-bond donors (Lipinski definition) is 0. The van der Waals surface area contributed by atoms with Crippen molar-refractivity contribution in [2.45, 2.75) is 53.4 Å². The van der Waals surface area contributed by atoms with Crippen LogP contribution >= 0.6 is 0 Å². The van der Waals surface area contributed by atoms with Gasteiger partial charge >= 0.3 is 37.7 Å². The second-order valence-electron chi connectivity index (χ2n) is 6.70. The van der Waals surface area contributed by atoms with E-state index in [0.29, 0.717) is 0 Å². The van der Waals surface area contributed by atoms with Crippen molar-refractivity contribution in [2.24, 2.45) is 11.8 Å². The van der Waals surface area contributed by atoms with E-state index in [-0.39, 0.29) is 37.7 Å². The van der Waals surface area contributed by atoms with Gasteiger partial charge in [0.15, 0.2) is 0 Å². The van der Waals surface area contributed by atoms with Gasteiger partial charge in [-0.3, -0.25) is 0 Å². The molecular weight excluding hydrogens is 278 g/mol. The number of rotatable bonds is 8. The zero-order valence-corrected chi connectivity index (χ0v) is 16.6. The first-order chi connectivity index (χ1) is 10.7. The second kappa shape index (κ2) is 12.1. The average molecular weight is 308 g/mol. The van der Waals surface area contributed by atoms with Gasteiger partial charge in [-0.25, -0.2) is 0 Å². The zero-order valence-electron chi connectivity index (χ0n) is 16.6. The molecule has 0 aromatic heterocycles. The predicted molar refractivity (Wildman–Crippen MR) is 98.9 cm³/mol. The van der Waals surface area contributed by atoms with Crippen molar-refractivity contribution in [2.75, 3.05) is 0 Å². The smallest absolute Gasteiger partial charge is 0.196 e. The van der Waals surface area contributed by atoms with Crippen LogP contribution in [0.5, 0.6) is 0 Å². The van der Waals surface area contributed by atoms with Gasteiger partial charge in [0, 0.05) is 0 Å². The van der Waals surface area contributed by atoms with Crippen LogP contribution in [0.2, 0.25) is 0 Å². The first kappa shape index (κ1) is 23.6. The molecule has 0 heterocycles. The fourth-order valence-corrected chi connectivity index (χ4v) is 2.70. The summed E-state index contributed by atoms with van der Waals surface area (Å²) in [4.78, 5) is 0. The van der Waals surface area contributed by atoms with Crippen molar-refractivity contribution >= 4 is 10.8 Å². The Morgan fingerprint density at radius 2 is 1.08 bits per heavy atom. The van der Waals surface area contributed by atoms with E-state index in [4.69, 9.17) is 0 Å². The van der Waals surface area contributed by atoms with Crippen molar-refractivity contribution in [3.05, 3.63) is 60.4 Å². The minimum Gasteiger partial charge on any atom is -0.196 e. The maximum absolute atomic E-state index is 2.41. The molecule has 0 spiro atoms. The van der Waals surface area contributed by atoms with Crippen LogP contribution in [0.25, 0.3) is 10.8 Å². The zero-order chi connectivity index (χ0) is 15.9. The normalized spacial score (nSPS) is 12.7. The van der Waals surface area contributed by atoms with Crippen molar-refractivity contribution in [3.63, 3.8) is 0 Å². The Balaban J connectivity index is 0.00000264. The Labute approximate surface area is 173 Å². The Bertz CT molecular complexity index is 538. The second-order valence-corrected chi connectivity index (χ2v) is 6.70. The number of fused-ring (bicyclic) bond motifs is 1. The molecule has 0 saturated carbocycles. The summed E-state index contributed by atoms with van der Waals surface area (Å²) in [5.74, 6) is 1.52. The van der Waals surface area contributed by atoms with Crippen molar-refractivity contribution < 1.29 is 37.7 Å². The molecule has 2 atom stereocenters. The molecule has 0 N–H and O–H groups in total. The van der Waals surface area contributed by atoms with Crippen LogP contribution in [0.3, 0.4) is 0 Å². The summed E-state index contributed by atoms with van der Waals surface area (Å²) < 4.78 is 0. The molecule has 0 aliphatic heterocycles. The van der Waals surface area contributed by atoms with E-state index in [1.165, 1.54) is 34.7 Å². The average Bonchev–Trinajstić information content (AvgIpc) is 2.57. The molecule has 0 amide bonds. The predicted octanol–water partition coefficient (Wildman–Crippen LogP) is 0.825. The van der Waals surface area contributed by atoms with Gasteiger partial charge in [-0.05, 0) is 0 Å². The fourth-order valence-electron chi connectivity index (χ4n) is 2.70. The Morgan fingerprint density at radius 3 is 1.42 bits per heavy atom. The summed E-state index contributed by atoms with van der Waals surface area (Å²) in [6.07, 6.45) is 9.64. The molecule has 2 aromatic carbocycles. The molecule has 0 nitrogen and oxygen atoms in total. The molecule has 24 heavy (non-hydrogen) atoms. The van der Waals surface area contributed by atoms with E-state index >= 15 is 0 Å². The van der Waals surface area contributed by atoms with Gasteiger partial charge in [0.2, 0.25) is 0 Å². The summed E-state index contributed by atoms with van der Waals surface area (Å²) in [6, 6.07) is 13.4. The van der Waals surface area contributed by atoms with Gasteiger partial charge in [-0.1, -0.05) is 65.2 Å². The quantitative estimate of drug-likeness (QED) is 0.500. The first-order valence-electron chi connectivity index (χ1n) is 8.83. The summed E-state index contributed by atoms with van der Waals surface area (Å²) in [5, 5.41) is 2.78. The van der Waals surface area contributed by atoms with Gasteiger partial charge in [0.05, 0.1) is 0 Å². The molecule has 2 aromatic rings. The molecule has 0 radical (unpaired) electrons. The van der Waals surface area contributed by atoms with Crippen LogP contribution in [0.15, 0.2) is 36.4 Å². The molecule has 2 unspecified atom stereocenters. The minimum atomic E-state index is 0. The standard InChI is InChI=1S/C22H30.2Li/c1-5-17(3)13-15-19-9-7-12-22-20(10-8-11-21(19)22)16-14-18(4)6-2;;/h7-12,15-18H,5-6,13-14H2,1-4H3;;/q-2;2*+1. The van der Waals surface area contributed by atoms with Crippen LogP contribution in [-0.2, 0) is 0 Å². The molecule has 2 rings (SSSR count). The first-order valence-corrected chi connectivity index (χ1v) is 8.83. The fraction of sp³-hybridized carbons (Fsp3) is 0.455. The minimum absolute atomic E-state index is 0. The van der Waals surface area contributed by atoms with Crippen LogP contribution in [0.1, 0.15) is 64.5 Å². The third kappa shape index (κ3) is 6.50. The number of hydrogen-bond acceptors (Lipinski definition) is 0. The van der Waals surface area contributed by atoms with Crippen molar-refractivity contribution in [1.82, 2.24) is 0 Å². The van der Waals surface area contributed by atoms with Gasteiger partial charge in [0.1, 0.15) is 0 Å². The maximum Gasteiger partial charge on any atom is 1.00 e. The summed E-state index contributed by atoms with van der Waals surface area (Å²) in [6.45, 7) is 9.19. The van der Waals surface area contributed by atoms with Crippen LogP contribution in [-0.4, -0.2) is 0 Å². The van der Waals surface area contributed by atoms with Crippen molar-refractivity contribution in [1.29, 1.82) is 0 Å². The van der Waals surface area contributed by atoms with Crippen LogP contribution in [0, 0.1) is 24.7 Å². The van der Waals surface area contributed by atoms with E-state index in [9.17, 15) is 0 Å². The molecule has 0 bridgehead atoms. The Morgan fingerprint density at radius 1 is 0.708 bits per heavy atom. The largest absolute Gasteiger partial charge is 1.00 e. The molecule has 0 aliphatic carbocycles. The van der Waals surface area contributed by atoms with Gasteiger partial charge < -0.3 is 0 Å². The Hall–Kier alpha value is -0.365. The third-order valence-electron chi connectivity index (χ3n) is 4.86. The van der Waals surface area contributed by atoms with Crippen LogP contribution in [0.4, 0.5) is 0 Å². The number of benzene rings is 2. The molecular formula is C22H30Li2. The van der Waals surface area contributed by atoms with E-state index in [1.54, 1.807) is 0 Å². The summed E-state index contributed by atoms with van der Waals surface area (Å²) in [5.41, 5.74) is 2.77. The molecule has 0 aliphatic rings. The third-order valence-corrected chi connectivity index (χ3v) is 4.86.